The van der Waals surface area contributed by atoms with Crippen LogP contribution in [0.4, 0.5) is 0 Å². The van der Waals surface area contributed by atoms with Gasteiger partial charge in [-0.1, -0.05) is 84.4 Å². The predicted molar refractivity (Wildman–Crippen MR) is 164 cm³/mol. The number of carbonyl (C=O) groups excluding carboxylic acids is 1. The van der Waals surface area contributed by atoms with Crippen molar-refractivity contribution in [2.24, 2.45) is 0 Å². The number of ether oxygens (including phenoxy) is 6. The van der Waals surface area contributed by atoms with Crippen LogP contribution in [0, 0.1) is 6.92 Å². The summed E-state index contributed by atoms with van der Waals surface area (Å²) in [6.45, 7) is 3.37. The first-order chi connectivity index (χ1) is 21.6. The molecule has 0 atom stereocenters. The smallest absolute Gasteiger partial charge is 0.269 e. The molecule has 0 unspecified atom stereocenters. The Morgan fingerprint density at radius 2 is 1.20 bits per heavy atom. The van der Waals surface area contributed by atoms with Gasteiger partial charge in [0.1, 0.15) is 33.0 Å². The fraction of sp³-hybridized carbons (Fsp3) is 0.286. The quantitative estimate of drug-likeness (QED) is 0.282. The molecule has 0 aromatic heterocycles. The third-order valence-corrected chi connectivity index (χ3v) is 6.92. The monoisotopic (exact) mass is 599 g/mol. The summed E-state index contributed by atoms with van der Waals surface area (Å²) < 4.78 is 36.8. The van der Waals surface area contributed by atoms with E-state index < -0.39 is 11.5 Å². The van der Waals surface area contributed by atoms with Gasteiger partial charge in [0.05, 0.1) is 19.8 Å². The Hall–Kier alpha value is -4.57. The molecule has 230 valence electrons. The van der Waals surface area contributed by atoms with Gasteiger partial charge in [0, 0.05) is 0 Å². The maximum atomic E-state index is 12.9. The lowest BCUT2D eigenvalue weighted by Gasteiger charge is -2.34. The zero-order valence-electron chi connectivity index (χ0n) is 24.7. The largest absolute Gasteiger partial charge is 0.487 e. The third-order valence-electron chi connectivity index (χ3n) is 6.92. The average molecular weight is 600 g/mol. The van der Waals surface area contributed by atoms with Crippen LogP contribution in [0.15, 0.2) is 103 Å². The maximum absolute atomic E-state index is 12.9. The van der Waals surface area contributed by atoms with Crippen LogP contribution in [0.2, 0.25) is 0 Å². The normalized spacial score (nSPS) is 15.2. The maximum Gasteiger partial charge on any atom is 0.269 e. The Balaban J connectivity index is 1.42. The van der Waals surface area contributed by atoms with Crippen molar-refractivity contribution in [3.05, 3.63) is 120 Å². The summed E-state index contributed by atoms with van der Waals surface area (Å²) in [4.78, 5) is 18.4. The van der Waals surface area contributed by atoms with Crippen molar-refractivity contribution >= 4 is 5.91 Å². The van der Waals surface area contributed by atoms with Crippen molar-refractivity contribution in [2.75, 3.05) is 46.2 Å². The molecule has 9 heteroatoms. The molecule has 1 aliphatic heterocycles. The molecule has 0 fully saturated rings. The molecule has 9 nitrogen and oxygen atoms in total. The van der Waals surface area contributed by atoms with Crippen LogP contribution in [-0.2, 0) is 31.3 Å². The molecule has 0 radical (unpaired) electrons. The summed E-state index contributed by atoms with van der Waals surface area (Å²) in [6, 6.07) is 32.2. The standard InChI is InChI=1S/C35H37NO8/c1-27-15-17-29(18-16-27)35(43-24-34(37)36-44-23-28-9-3-2-4-10-28)25-41-32-13-7-5-11-30(32)39-21-19-38-20-22-40-31-12-6-8-14-33(31)42-26-35/h2-18H,19-26H2,1H3,(H,36,37). The second-order valence-corrected chi connectivity index (χ2v) is 10.2. The molecular formula is C35H37NO8. The Kier molecular flexibility index (Phi) is 11.1. The SMILES string of the molecule is Cc1ccc(C2(OCC(=O)NOCc3ccccc3)COc3ccccc3OCCOCCOc3ccccc3OC2)cc1. The van der Waals surface area contributed by atoms with Crippen molar-refractivity contribution in [1.29, 1.82) is 0 Å². The van der Waals surface area contributed by atoms with E-state index in [4.69, 9.17) is 33.3 Å². The lowest BCUT2D eigenvalue weighted by Crippen LogP contribution is -2.44. The molecule has 0 spiro atoms. The van der Waals surface area contributed by atoms with Crippen LogP contribution in [0.5, 0.6) is 23.0 Å². The molecule has 0 saturated carbocycles. The molecular weight excluding hydrogens is 562 g/mol. The van der Waals surface area contributed by atoms with Gasteiger partial charge in [0.2, 0.25) is 0 Å². The first-order valence-corrected chi connectivity index (χ1v) is 14.5. The van der Waals surface area contributed by atoms with Gasteiger partial charge in [-0.15, -0.1) is 0 Å². The fourth-order valence-electron chi connectivity index (χ4n) is 4.53. The Bertz CT molecular complexity index is 1410. The predicted octanol–water partition coefficient (Wildman–Crippen LogP) is 5.40. The molecule has 44 heavy (non-hydrogen) atoms. The van der Waals surface area contributed by atoms with Crippen LogP contribution in [0.25, 0.3) is 0 Å². The number of carbonyl (C=O) groups is 1. The zero-order chi connectivity index (χ0) is 30.5. The number of aryl methyl sites for hydroxylation is 1. The van der Waals surface area contributed by atoms with Crippen LogP contribution in [0.1, 0.15) is 16.7 Å². The van der Waals surface area contributed by atoms with Crippen LogP contribution in [0.3, 0.4) is 0 Å². The molecule has 0 saturated heterocycles. The Morgan fingerprint density at radius 1 is 0.682 bits per heavy atom. The molecule has 1 aliphatic rings. The van der Waals surface area contributed by atoms with Gasteiger partial charge in [-0.3, -0.25) is 9.63 Å². The number of hydroxylamine groups is 1. The van der Waals surface area contributed by atoms with E-state index in [1.165, 1.54) is 0 Å². The summed E-state index contributed by atoms with van der Waals surface area (Å²) in [5.74, 6) is 1.73. The van der Waals surface area contributed by atoms with E-state index in [0.717, 1.165) is 16.7 Å². The number of nitrogens with one attached hydrogen (secondary N) is 1. The first kappa shape index (κ1) is 30.9. The van der Waals surface area contributed by atoms with E-state index in [2.05, 4.69) is 5.48 Å². The minimum Gasteiger partial charge on any atom is -0.487 e. The molecule has 1 amide bonds. The molecule has 4 aromatic rings. The van der Waals surface area contributed by atoms with Crippen molar-refractivity contribution in [2.45, 2.75) is 19.1 Å². The minimum atomic E-state index is -1.22. The summed E-state index contributed by atoms with van der Waals surface area (Å²) in [6.07, 6.45) is 0. The molecule has 4 aromatic carbocycles. The molecule has 5 rings (SSSR count). The highest BCUT2D eigenvalue weighted by Crippen LogP contribution is 2.34. The first-order valence-electron chi connectivity index (χ1n) is 14.5. The lowest BCUT2D eigenvalue weighted by molar-refractivity contribution is -0.153. The average Bonchev–Trinajstić information content (AvgIpc) is 3.05. The highest BCUT2D eigenvalue weighted by molar-refractivity contribution is 5.76. The fourth-order valence-corrected chi connectivity index (χ4v) is 4.53. The number of fused-ring (bicyclic) bond motifs is 2. The summed E-state index contributed by atoms with van der Waals surface area (Å²) in [7, 11) is 0. The third kappa shape index (κ3) is 8.73. The number of benzene rings is 4. The van der Waals surface area contributed by atoms with Crippen molar-refractivity contribution in [1.82, 2.24) is 5.48 Å². The lowest BCUT2D eigenvalue weighted by atomic mass is 9.94. The van der Waals surface area contributed by atoms with Crippen molar-refractivity contribution < 1.29 is 38.1 Å². The van der Waals surface area contributed by atoms with E-state index in [-0.39, 0.29) is 26.4 Å². The van der Waals surface area contributed by atoms with Gasteiger partial charge in [-0.25, -0.2) is 5.48 Å². The number of hydrogen-bond donors (Lipinski definition) is 1. The van der Waals surface area contributed by atoms with Gasteiger partial charge < -0.3 is 28.4 Å². The number of amides is 1. The second kappa shape index (κ2) is 15.8. The minimum absolute atomic E-state index is 0.00805. The summed E-state index contributed by atoms with van der Waals surface area (Å²) >= 11 is 0. The van der Waals surface area contributed by atoms with Gasteiger partial charge >= 0.3 is 0 Å². The van der Waals surface area contributed by atoms with Crippen LogP contribution < -0.4 is 24.4 Å². The van der Waals surface area contributed by atoms with Gasteiger partial charge in [0.15, 0.2) is 28.6 Å². The van der Waals surface area contributed by atoms with E-state index in [0.29, 0.717) is 49.4 Å². The molecule has 0 aliphatic carbocycles. The van der Waals surface area contributed by atoms with Crippen LogP contribution >= 0.6 is 0 Å². The number of hydrogen-bond acceptors (Lipinski definition) is 8. The number of para-hydroxylation sites is 4. The van der Waals surface area contributed by atoms with E-state index >= 15 is 0 Å². The number of rotatable bonds is 7. The van der Waals surface area contributed by atoms with E-state index in [1.807, 2.05) is 110 Å². The summed E-state index contributed by atoms with van der Waals surface area (Å²) in [5, 5.41) is 0. The Labute approximate surface area is 257 Å². The van der Waals surface area contributed by atoms with Crippen molar-refractivity contribution in [3.63, 3.8) is 0 Å². The van der Waals surface area contributed by atoms with Crippen molar-refractivity contribution in [3.8, 4) is 23.0 Å². The van der Waals surface area contributed by atoms with Gasteiger partial charge in [-0.05, 0) is 42.3 Å². The highest BCUT2D eigenvalue weighted by atomic mass is 16.7. The topological polar surface area (TPSA) is 93.7 Å². The van der Waals surface area contributed by atoms with Gasteiger partial charge in [-0.2, -0.15) is 0 Å². The van der Waals surface area contributed by atoms with Crippen LogP contribution in [-0.4, -0.2) is 52.2 Å². The Morgan fingerprint density at radius 3 is 1.77 bits per heavy atom. The molecule has 1 N–H and O–H groups in total. The van der Waals surface area contributed by atoms with E-state index in [9.17, 15) is 4.79 Å². The molecule has 0 bridgehead atoms. The molecule has 1 heterocycles. The van der Waals surface area contributed by atoms with E-state index in [1.54, 1.807) is 0 Å². The van der Waals surface area contributed by atoms with Gasteiger partial charge in [0.25, 0.3) is 5.91 Å². The highest BCUT2D eigenvalue weighted by Gasteiger charge is 2.37. The summed E-state index contributed by atoms with van der Waals surface area (Å²) in [5.41, 5.74) is 4.04. The second-order valence-electron chi connectivity index (χ2n) is 10.2. The zero-order valence-corrected chi connectivity index (χ0v) is 24.7.